The Morgan fingerprint density at radius 1 is 1.37 bits per heavy atom. The number of nitrogens with one attached hydrogen (secondary N) is 2. The Bertz CT molecular complexity index is 454. The highest BCUT2D eigenvalue weighted by molar-refractivity contribution is 5.95. The number of carbonyl (C=O) groups excluding carboxylic acids is 1. The molecule has 1 aromatic carbocycles. The van der Waals surface area contributed by atoms with Crippen LogP contribution in [-0.2, 0) is 6.42 Å². The molecule has 0 aromatic heterocycles. The van der Waals surface area contributed by atoms with Gasteiger partial charge in [0.1, 0.15) is 0 Å². The Morgan fingerprint density at radius 3 is 2.89 bits per heavy atom. The number of amides is 1. The monoisotopic (exact) mass is 260 g/mol. The topological polar surface area (TPSA) is 41.1 Å². The summed E-state index contributed by atoms with van der Waals surface area (Å²) in [5.41, 5.74) is 3.22. The highest BCUT2D eigenvalue weighted by Gasteiger charge is 2.13. The Hall–Kier alpha value is -1.51. The van der Waals surface area contributed by atoms with Gasteiger partial charge in [0.15, 0.2) is 0 Å². The van der Waals surface area contributed by atoms with Gasteiger partial charge >= 0.3 is 0 Å². The second kappa shape index (κ2) is 6.09. The minimum absolute atomic E-state index is 0.0425. The molecule has 1 aliphatic heterocycles. The molecule has 0 saturated carbocycles. The van der Waals surface area contributed by atoms with Gasteiger partial charge in [-0.25, -0.2) is 0 Å². The average Bonchev–Trinajstić information content (AvgIpc) is 2.43. The fraction of sp³-hybridized carbons (Fsp3) is 0.562. The highest BCUT2D eigenvalue weighted by atomic mass is 16.1. The quantitative estimate of drug-likeness (QED) is 0.873. The Balaban J connectivity index is 1.99. The highest BCUT2D eigenvalue weighted by Crippen LogP contribution is 2.22. The van der Waals surface area contributed by atoms with Crippen molar-refractivity contribution in [2.75, 3.05) is 18.4 Å². The number of fused-ring (bicyclic) bond motifs is 1. The van der Waals surface area contributed by atoms with Crippen LogP contribution in [0.15, 0.2) is 18.2 Å². The van der Waals surface area contributed by atoms with Gasteiger partial charge in [-0.15, -0.1) is 0 Å². The van der Waals surface area contributed by atoms with Gasteiger partial charge in [-0.2, -0.15) is 0 Å². The minimum atomic E-state index is 0.0425. The molecule has 0 spiro atoms. The zero-order valence-electron chi connectivity index (χ0n) is 12.1. The van der Waals surface area contributed by atoms with Gasteiger partial charge in [-0.3, -0.25) is 4.79 Å². The van der Waals surface area contributed by atoms with Crippen molar-refractivity contribution in [1.82, 2.24) is 5.32 Å². The molecule has 2 rings (SSSR count). The van der Waals surface area contributed by atoms with Crippen LogP contribution in [0.3, 0.4) is 0 Å². The predicted octanol–water partition coefficient (Wildman–Crippen LogP) is 3.07. The minimum Gasteiger partial charge on any atom is -0.385 e. The molecule has 1 aliphatic rings. The summed E-state index contributed by atoms with van der Waals surface area (Å²) < 4.78 is 0. The molecule has 3 heteroatoms. The first-order chi connectivity index (χ1) is 9.08. The van der Waals surface area contributed by atoms with Crippen LogP contribution in [0.2, 0.25) is 0 Å². The SMILES string of the molecule is CC(C)C(C)CNC(=O)c1ccc2c(c1)CCCN2. The van der Waals surface area contributed by atoms with E-state index >= 15 is 0 Å². The second-order valence-corrected chi connectivity index (χ2v) is 5.83. The van der Waals surface area contributed by atoms with E-state index in [-0.39, 0.29) is 5.91 Å². The summed E-state index contributed by atoms with van der Waals surface area (Å²) in [6.07, 6.45) is 2.20. The van der Waals surface area contributed by atoms with Gasteiger partial charge < -0.3 is 10.6 Å². The summed E-state index contributed by atoms with van der Waals surface area (Å²) >= 11 is 0. The molecule has 0 radical (unpaired) electrons. The largest absolute Gasteiger partial charge is 0.385 e. The van der Waals surface area contributed by atoms with Crippen molar-refractivity contribution in [2.24, 2.45) is 11.8 Å². The number of benzene rings is 1. The summed E-state index contributed by atoms with van der Waals surface area (Å²) in [5.74, 6) is 1.14. The summed E-state index contributed by atoms with van der Waals surface area (Å²) in [7, 11) is 0. The number of carbonyl (C=O) groups is 1. The first-order valence-electron chi connectivity index (χ1n) is 7.23. The molecule has 0 saturated heterocycles. The summed E-state index contributed by atoms with van der Waals surface area (Å²) in [4.78, 5) is 12.1. The number of aryl methyl sites for hydroxylation is 1. The number of hydrogen-bond acceptors (Lipinski definition) is 2. The lowest BCUT2D eigenvalue weighted by Crippen LogP contribution is -2.30. The Morgan fingerprint density at radius 2 is 2.16 bits per heavy atom. The molecule has 19 heavy (non-hydrogen) atoms. The third-order valence-corrected chi connectivity index (χ3v) is 4.03. The molecule has 1 unspecified atom stereocenters. The molecule has 3 nitrogen and oxygen atoms in total. The van der Waals surface area contributed by atoms with E-state index < -0.39 is 0 Å². The lowest BCUT2D eigenvalue weighted by molar-refractivity contribution is 0.0945. The molecular weight excluding hydrogens is 236 g/mol. The normalized spacial score (nSPS) is 15.6. The van der Waals surface area contributed by atoms with Crippen LogP contribution in [0.1, 0.15) is 43.1 Å². The molecule has 1 atom stereocenters. The lowest BCUT2D eigenvalue weighted by atomic mass is 9.97. The molecule has 0 fully saturated rings. The van der Waals surface area contributed by atoms with Crippen LogP contribution in [0.4, 0.5) is 5.69 Å². The van der Waals surface area contributed by atoms with E-state index in [2.05, 4.69) is 31.4 Å². The summed E-state index contributed by atoms with van der Waals surface area (Å²) in [6.45, 7) is 8.31. The number of anilines is 1. The molecule has 0 bridgehead atoms. The van der Waals surface area contributed by atoms with E-state index in [1.807, 2.05) is 18.2 Å². The molecular formula is C16H24N2O. The molecule has 0 aliphatic carbocycles. The van der Waals surface area contributed by atoms with Crippen molar-refractivity contribution in [1.29, 1.82) is 0 Å². The lowest BCUT2D eigenvalue weighted by Gasteiger charge is -2.19. The smallest absolute Gasteiger partial charge is 0.251 e. The third kappa shape index (κ3) is 3.49. The standard InChI is InChI=1S/C16H24N2O/c1-11(2)12(3)10-18-16(19)14-6-7-15-13(9-14)5-4-8-17-15/h6-7,9,11-12,17H,4-5,8,10H2,1-3H3,(H,18,19). The van der Waals surface area contributed by atoms with E-state index in [1.54, 1.807) is 0 Å². The molecule has 2 N–H and O–H groups in total. The van der Waals surface area contributed by atoms with Crippen molar-refractivity contribution in [3.63, 3.8) is 0 Å². The molecule has 1 aromatic rings. The van der Waals surface area contributed by atoms with Gasteiger partial charge in [-0.05, 0) is 48.4 Å². The van der Waals surface area contributed by atoms with Gasteiger partial charge in [0, 0.05) is 24.3 Å². The average molecular weight is 260 g/mol. The van der Waals surface area contributed by atoms with Gasteiger partial charge in [0.25, 0.3) is 5.91 Å². The summed E-state index contributed by atoms with van der Waals surface area (Å²) in [5, 5.41) is 6.39. The zero-order chi connectivity index (χ0) is 13.8. The maximum Gasteiger partial charge on any atom is 0.251 e. The van der Waals surface area contributed by atoms with Crippen LogP contribution >= 0.6 is 0 Å². The van der Waals surface area contributed by atoms with Gasteiger partial charge in [0.05, 0.1) is 0 Å². The first-order valence-corrected chi connectivity index (χ1v) is 7.23. The number of hydrogen-bond donors (Lipinski definition) is 2. The summed E-state index contributed by atoms with van der Waals surface area (Å²) in [6, 6.07) is 5.96. The van der Waals surface area contributed by atoms with Crippen LogP contribution in [0, 0.1) is 11.8 Å². The molecule has 1 amide bonds. The number of rotatable bonds is 4. The fourth-order valence-corrected chi connectivity index (χ4v) is 2.21. The molecule has 104 valence electrons. The van der Waals surface area contributed by atoms with E-state index in [9.17, 15) is 4.79 Å². The van der Waals surface area contributed by atoms with Crippen molar-refractivity contribution in [2.45, 2.75) is 33.6 Å². The van der Waals surface area contributed by atoms with Crippen LogP contribution in [0.25, 0.3) is 0 Å². The maximum absolute atomic E-state index is 12.1. The van der Waals surface area contributed by atoms with Crippen molar-refractivity contribution >= 4 is 11.6 Å². The van der Waals surface area contributed by atoms with Crippen molar-refractivity contribution in [3.05, 3.63) is 29.3 Å². The van der Waals surface area contributed by atoms with Gasteiger partial charge in [0.2, 0.25) is 0 Å². The maximum atomic E-state index is 12.1. The fourth-order valence-electron chi connectivity index (χ4n) is 2.21. The van der Waals surface area contributed by atoms with Crippen LogP contribution < -0.4 is 10.6 Å². The van der Waals surface area contributed by atoms with Crippen molar-refractivity contribution in [3.8, 4) is 0 Å². The zero-order valence-corrected chi connectivity index (χ0v) is 12.1. The van der Waals surface area contributed by atoms with E-state index in [4.69, 9.17) is 0 Å². The van der Waals surface area contributed by atoms with E-state index in [0.717, 1.165) is 31.5 Å². The second-order valence-electron chi connectivity index (χ2n) is 5.83. The predicted molar refractivity (Wildman–Crippen MR) is 79.6 cm³/mol. The van der Waals surface area contributed by atoms with Gasteiger partial charge in [-0.1, -0.05) is 20.8 Å². The van der Waals surface area contributed by atoms with E-state index in [0.29, 0.717) is 11.8 Å². The first kappa shape index (κ1) is 13.9. The Kier molecular flexibility index (Phi) is 4.46. The molecule has 1 heterocycles. The Labute approximate surface area is 115 Å². The van der Waals surface area contributed by atoms with E-state index in [1.165, 1.54) is 11.3 Å². The third-order valence-electron chi connectivity index (χ3n) is 4.03. The van der Waals surface area contributed by atoms with Crippen molar-refractivity contribution < 1.29 is 4.79 Å². The van der Waals surface area contributed by atoms with Crippen LogP contribution in [-0.4, -0.2) is 19.0 Å². The van der Waals surface area contributed by atoms with Crippen LogP contribution in [0.5, 0.6) is 0 Å².